The highest BCUT2D eigenvalue weighted by Crippen LogP contribution is 2.22. The standard InChI is InChI=1S/C25H33N7O2/c1-3-23(31-13-17-34-18-14-31)4-2-21(1)28-25-19-24(5-7-27-25)32-9-6-22(29-32)20-26-8-10-30-11-15-33-16-12-30/h1-7,9,19,26H,8,10-18,20H2,(H,27,28). The number of anilines is 3. The number of pyridine rings is 1. The minimum Gasteiger partial charge on any atom is -0.379 e. The number of aromatic nitrogens is 3. The lowest BCUT2D eigenvalue weighted by Gasteiger charge is -2.28. The maximum Gasteiger partial charge on any atom is 0.132 e. The van der Waals surface area contributed by atoms with E-state index < -0.39 is 0 Å². The first-order valence-corrected chi connectivity index (χ1v) is 12.1. The van der Waals surface area contributed by atoms with E-state index in [4.69, 9.17) is 14.6 Å². The Morgan fingerprint density at radius 1 is 0.853 bits per heavy atom. The lowest BCUT2D eigenvalue weighted by Crippen LogP contribution is -2.40. The highest BCUT2D eigenvalue weighted by Gasteiger charge is 2.11. The van der Waals surface area contributed by atoms with Crippen molar-refractivity contribution in [3.8, 4) is 5.69 Å². The van der Waals surface area contributed by atoms with Gasteiger partial charge in [0.05, 0.1) is 37.8 Å². The van der Waals surface area contributed by atoms with Gasteiger partial charge in [0.1, 0.15) is 5.82 Å². The predicted octanol–water partition coefficient (Wildman–Crippen LogP) is 2.27. The van der Waals surface area contributed by atoms with E-state index >= 15 is 0 Å². The number of morpholine rings is 2. The highest BCUT2D eigenvalue weighted by atomic mass is 16.5. The molecule has 0 bridgehead atoms. The van der Waals surface area contributed by atoms with Crippen molar-refractivity contribution in [2.24, 2.45) is 0 Å². The Morgan fingerprint density at radius 3 is 2.41 bits per heavy atom. The fourth-order valence-electron chi connectivity index (χ4n) is 4.23. The number of hydrogen-bond acceptors (Lipinski definition) is 8. The van der Waals surface area contributed by atoms with E-state index in [0.29, 0.717) is 0 Å². The van der Waals surface area contributed by atoms with Gasteiger partial charge in [0, 0.05) is 75.6 Å². The first-order chi connectivity index (χ1) is 16.8. The van der Waals surface area contributed by atoms with Gasteiger partial charge in [0.15, 0.2) is 0 Å². The first kappa shape index (κ1) is 22.8. The van der Waals surface area contributed by atoms with Gasteiger partial charge in [-0.05, 0) is 36.4 Å². The number of hydrogen-bond donors (Lipinski definition) is 2. The van der Waals surface area contributed by atoms with Crippen LogP contribution in [0.15, 0.2) is 54.9 Å². The third kappa shape index (κ3) is 6.12. The molecule has 2 fully saturated rings. The van der Waals surface area contributed by atoms with Crippen molar-refractivity contribution in [1.29, 1.82) is 0 Å². The van der Waals surface area contributed by atoms with Crippen molar-refractivity contribution in [3.05, 3.63) is 60.6 Å². The molecular weight excluding hydrogens is 430 g/mol. The van der Waals surface area contributed by atoms with Gasteiger partial charge >= 0.3 is 0 Å². The summed E-state index contributed by atoms with van der Waals surface area (Å²) in [6.07, 6.45) is 3.80. The summed E-state index contributed by atoms with van der Waals surface area (Å²) in [5.41, 5.74) is 4.22. The van der Waals surface area contributed by atoms with Gasteiger partial charge < -0.3 is 25.0 Å². The summed E-state index contributed by atoms with van der Waals surface area (Å²) in [6.45, 7) is 9.91. The molecule has 2 aliphatic rings. The normalized spacial score (nSPS) is 17.1. The smallest absolute Gasteiger partial charge is 0.132 e. The maximum atomic E-state index is 5.44. The average molecular weight is 464 g/mol. The predicted molar refractivity (Wildman–Crippen MR) is 133 cm³/mol. The summed E-state index contributed by atoms with van der Waals surface area (Å²) in [4.78, 5) is 9.25. The quantitative estimate of drug-likeness (QED) is 0.468. The van der Waals surface area contributed by atoms with Crippen molar-refractivity contribution in [1.82, 2.24) is 25.0 Å². The largest absolute Gasteiger partial charge is 0.379 e. The summed E-state index contributed by atoms with van der Waals surface area (Å²) >= 11 is 0. The van der Waals surface area contributed by atoms with Crippen molar-refractivity contribution in [2.75, 3.05) is 75.9 Å². The van der Waals surface area contributed by atoms with Gasteiger partial charge in [-0.15, -0.1) is 0 Å². The van der Waals surface area contributed by atoms with Crippen LogP contribution in [0, 0.1) is 0 Å². The molecule has 5 rings (SSSR count). The van der Waals surface area contributed by atoms with Gasteiger partial charge in [-0.3, -0.25) is 4.90 Å². The SMILES string of the molecule is c1cc(-n2ccc(CNCCN3CCOCC3)n2)cc(Nc2ccc(N3CCOCC3)cc2)n1. The molecule has 0 spiro atoms. The van der Waals surface area contributed by atoms with Crippen LogP contribution in [0.2, 0.25) is 0 Å². The molecule has 0 amide bonds. The Morgan fingerprint density at radius 2 is 1.62 bits per heavy atom. The third-order valence-corrected chi connectivity index (χ3v) is 6.18. The van der Waals surface area contributed by atoms with E-state index in [2.05, 4.69) is 55.7 Å². The molecule has 2 aromatic heterocycles. The number of ether oxygens (including phenoxy) is 2. The second-order valence-corrected chi connectivity index (χ2v) is 8.55. The topological polar surface area (TPSA) is 79.7 Å². The van der Waals surface area contributed by atoms with Crippen molar-refractivity contribution < 1.29 is 9.47 Å². The van der Waals surface area contributed by atoms with Gasteiger partial charge in [-0.1, -0.05) is 0 Å². The Hall–Kier alpha value is -2.98. The molecule has 3 aromatic rings. The Balaban J connectivity index is 1.14. The van der Waals surface area contributed by atoms with Crippen LogP contribution in [0.4, 0.5) is 17.2 Å². The van der Waals surface area contributed by atoms with E-state index in [9.17, 15) is 0 Å². The van der Waals surface area contributed by atoms with E-state index in [-0.39, 0.29) is 0 Å². The van der Waals surface area contributed by atoms with E-state index in [1.54, 1.807) is 0 Å². The summed E-state index contributed by atoms with van der Waals surface area (Å²) < 4.78 is 12.7. The van der Waals surface area contributed by atoms with E-state index in [1.807, 2.05) is 29.2 Å². The number of rotatable bonds is 9. The van der Waals surface area contributed by atoms with Crippen LogP contribution in [0.1, 0.15) is 5.69 Å². The van der Waals surface area contributed by atoms with Crippen molar-refractivity contribution in [2.45, 2.75) is 6.54 Å². The molecule has 1 aromatic carbocycles. The molecule has 0 unspecified atom stereocenters. The molecule has 2 saturated heterocycles. The Bertz CT molecular complexity index is 1030. The molecule has 0 radical (unpaired) electrons. The van der Waals surface area contributed by atoms with Crippen LogP contribution in [-0.4, -0.2) is 85.4 Å². The number of benzene rings is 1. The third-order valence-electron chi connectivity index (χ3n) is 6.18. The molecule has 180 valence electrons. The zero-order valence-corrected chi connectivity index (χ0v) is 19.5. The van der Waals surface area contributed by atoms with Crippen LogP contribution < -0.4 is 15.5 Å². The lowest BCUT2D eigenvalue weighted by atomic mass is 10.2. The summed E-state index contributed by atoms with van der Waals surface area (Å²) in [5.74, 6) is 0.789. The fraction of sp³-hybridized carbons (Fsp3) is 0.440. The highest BCUT2D eigenvalue weighted by molar-refractivity contribution is 5.62. The molecule has 2 aliphatic heterocycles. The van der Waals surface area contributed by atoms with Crippen LogP contribution in [0.3, 0.4) is 0 Å². The monoisotopic (exact) mass is 463 g/mol. The zero-order valence-electron chi connectivity index (χ0n) is 19.5. The average Bonchev–Trinajstić information content (AvgIpc) is 3.38. The molecule has 2 N–H and O–H groups in total. The fourth-order valence-corrected chi connectivity index (χ4v) is 4.23. The summed E-state index contributed by atoms with van der Waals surface area (Å²) in [6, 6.07) is 14.5. The maximum absolute atomic E-state index is 5.44. The van der Waals surface area contributed by atoms with Gasteiger partial charge in [0.25, 0.3) is 0 Å². The van der Waals surface area contributed by atoms with Gasteiger partial charge in [-0.25, -0.2) is 9.67 Å². The second kappa shape index (κ2) is 11.4. The Labute approximate surface area is 200 Å². The van der Waals surface area contributed by atoms with Crippen LogP contribution in [-0.2, 0) is 16.0 Å². The molecule has 9 heteroatoms. The van der Waals surface area contributed by atoms with Crippen LogP contribution >= 0.6 is 0 Å². The number of nitrogens with zero attached hydrogens (tertiary/aromatic N) is 5. The molecule has 0 saturated carbocycles. The minimum atomic E-state index is 0.753. The molecule has 0 atom stereocenters. The van der Waals surface area contributed by atoms with E-state index in [1.165, 1.54) is 5.69 Å². The zero-order chi connectivity index (χ0) is 23.0. The lowest BCUT2D eigenvalue weighted by molar-refractivity contribution is 0.0384. The van der Waals surface area contributed by atoms with Crippen LogP contribution in [0.25, 0.3) is 5.69 Å². The summed E-state index contributed by atoms with van der Waals surface area (Å²) in [5, 5.41) is 11.6. The minimum absolute atomic E-state index is 0.753. The first-order valence-electron chi connectivity index (χ1n) is 12.1. The molecule has 9 nitrogen and oxygen atoms in total. The van der Waals surface area contributed by atoms with E-state index in [0.717, 1.165) is 95.1 Å². The number of nitrogens with one attached hydrogen (secondary N) is 2. The second-order valence-electron chi connectivity index (χ2n) is 8.55. The van der Waals surface area contributed by atoms with Crippen molar-refractivity contribution in [3.63, 3.8) is 0 Å². The molecule has 0 aliphatic carbocycles. The van der Waals surface area contributed by atoms with Gasteiger partial charge in [-0.2, -0.15) is 5.10 Å². The van der Waals surface area contributed by atoms with Gasteiger partial charge in [0.2, 0.25) is 0 Å². The molecule has 4 heterocycles. The Kier molecular flexibility index (Phi) is 7.67. The summed E-state index contributed by atoms with van der Waals surface area (Å²) in [7, 11) is 0. The van der Waals surface area contributed by atoms with Crippen LogP contribution in [0.5, 0.6) is 0 Å². The molecular formula is C25H33N7O2. The molecule has 34 heavy (non-hydrogen) atoms. The van der Waals surface area contributed by atoms with Crippen molar-refractivity contribution >= 4 is 17.2 Å².